The summed E-state index contributed by atoms with van der Waals surface area (Å²) in [4.78, 5) is 0. The van der Waals surface area contributed by atoms with Gasteiger partial charge in [-0.1, -0.05) is 37.6 Å². The first-order valence-electron chi connectivity index (χ1n) is 5.94. The minimum Gasteiger partial charge on any atom is -0.380 e. The Balaban J connectivity index is 2.71. The molecule has 1 aromatic carbocycles. The SMILES string of the molecule is CCCc1cccc(C(COCC)NN)c1. The Morgan fingerprint density at radius 1 is 1.38 bits per heavy atom. The molecule has 0 amide bonds. The average Bonchev–Trinajstić information content (AvgIpc) is 2.31. The molecule has 0 heterocycles. The van der Waals surface area contributed by atoms with Gasteiger partial charge in [0.05, 0.1) is 12.6 Å². The van der Waals surface area contributed by atoms with Crippen LogP contribution in [-0.2, 0) is 11.2 Å². The normalized spacial score (nSPS) is 12.7. The molecule has 3 heteroatoms. The van der Waals surface area contributed by atoms with Crippen molar-refractivity contribution in [3.63, 3.8) is 0 Å². The van der Waals surface area contributed by atoms with Crippen LogP contribution in [0.4, 0.5) is 0 Å². The summed E-state index contributed by atoms with van der Waals surface area (Å²) in [5.41, 5.74) is 5.35. The molecule has 0 fully saturated rings. The van der Waals surface area contributed by atoms with Crippen LogP contribution in [0, 0.1) is 0 Å². The summed E-state index contributed by atoms with van der Waals surface area (Å²) >= 11 is 0. The zero-order valence-corrected chi connectivity index (χ0v) is 10.2. The van der Waals surface area contributed by atoms with Gasteiger partial charge in [0.15, 0.2) is 0 Å². The third-order valence-electron chi connectivity index (χ3n) is 2.58. The molecule has 1 unspecified atom stereocenters. The lowest BCUT2D eigenvalue weighted by molar-refractivity contribution is 0.123. The lowest BCUT2D eigenvalue weighted by Gasteiger charge is -2.16. The van der Waals surface area contributed by atoms with Crippen LogP contribution in [0.1, 0.15) is 37.4 Å². The highest BCUT2D eigenvalue weighted by Gasteiger charge is 2.09. The van der Waals surface area contributed by atoms with Crippen molar-refractivity contribution < 1.29 is 4.74 Å². The van der Waals surface area contributed by atoms with Crippen molar-refractivity contribution in [3.05, 3.63) is 35.4 Å². The molecule has 0 radical (unpaired) electrons. The highest BCUT2D eigenvalue weighted by atomic mass is 16.5. The maximum absolute atomic E-state index is 5.54. The number of aryl methyl sites for hydroxylation is 1. The van der Waals surface area contributed by atoms with E-state index in [1.807, 2.05) is 6.92 Å². The van der Waals surface area contributed by atoms with Crippen LogP contribution < -0.4 is 11.3 Å². The second kappa shape index (κ2) is 7.39. The fourth-order valence-corrected chi connectivity index (χ4v) is 1.73. The van der Waals surface area contributed by atoms with Crippen molar-refractivity contribution in [2.75, 3.05) is 13.2 Å². The number of nitrogens with one attached hydrogen (secondary N) is 1. The molecule has 90 valence electrons. The summed E-state index contributed by atoms with van der Waals surface area (Å²) in [7, 11) is 0. The third kappa shape index (κ3) is 3.93. The van der Waals surface area contributed by atoms with Crippen molar-refractivity contribution in [3.8, 4) is 0 Å². The molecule has 3 N–H and O–H groups in total. The third-order valence-corrected chi connectivity index (χ3v) is 2.58. The summed E-state index contributed by atoms with van der Waals surface area (Å²) in [6, 6.07) is 8.60. The number of ether oxygens (including phenoxy) is 1. The van der Waals surface area contributed by atoms with Gasteiger partial charge in [-0.15, -0.1) is 0 Å². The van der Waals surface area contributed by atoms with E-state index < -0.39 is 0 Å². The van der Waals surface area contributed by atoms with Crippen LogP contribution in [0.25, 0.3) is 0 Å². The zero-order valence-electron chi connectivity index (χ0n) is 10.2. The Bertz CT molecular complexity index is 302. The largest absolute Gasteiger partial charge is 0.380 e. The summed E-state index contributed by atoms with van der Waals surface area (Å²) in [5, 5.41) is 0. The molecule has 16 heavy (non-hydrogen) atoms. The summed E-state index contributed by atoms with van der Waals surface area (Å²) in [6.07, 6.45) is 2.27. The first kappa shape index (κ1) is 13.2. The Morgan fingerprint density at radius 3 is 2.81 bits per heavy atom. The monoisotopic (exact) mass is 222 g/mol. The molecule has 0 aliphatic carbocycles. The van der Waals surface area contributed by atoms with Gasteiger partial charge in [-0.05, 0) is 24.5 Å². The van der Waals surface area contributed by atoms with E-state index in [2.05, 4.69) is 36.6 Å². The van der Waals surface area contributed by atoms with Crippen LogP contribution >= 0.6 is 0 Å². The maximum Gasteiger partial charge on any atom is 0.0694 e. The predicted molar refractivity (Wildman–Crippen MR) is 67.0 cm³/mol. The number of benzene rings is 1. The molecule has 0 spiro atoms. The summed E-state index contributed by atoms with van der Waals surface area (Å²) < 4.78 is 5.40. The van der Waals surface area contributed by atoms with E-state index in [4.69, 9.17) is 10.6 Å². The van der Waals surface area contributed by atoms with Crippen LogP contribution in [-0.4, -0.2) is 13.2 Å². The van der Waals surface area contributed by atoms with Gasteiger partial charge in [0.2, 0.25) is 0 Å². The van der Waals surface area contributed by atoms with Gasteiger partial charge in [-0.3, -0.25) is 11.3 Å². The van der Waals surface area contributed by atoms with Crippen molar-refractivity contribution >= 4 is 0 Å². The minimum atomic E-state index is 0.0803. The number of hydrogen-bond donors (Lipinski definition) is 2. The lowest BCUT2D eigenvalue weighted by atomic mass is 10.0. The molecule has 0 aromatic heterocycles. The Labute approximate surface area is 98.0 Å². The van der Waals surface area contributed by atoms with Crippen LogP contribution in [0.2, 0.25) is 0 Å². The van der Waals surface area contributed by atoms with E-state index in [1.165, 1.54) is 11.1 Å². The molecular formula is C13H22N2O. The van der Waals surface area contributed by atoms with Gasteiger partial charge in [0.25, 0.3) is 0 Å². The number of nitrogens with two attached hydrogens (primary N) is 1. The molecule has 1 aromatic rings. The van der Waals surface area contributed by atoms with Crippen LogP contribution in [0.3, 0.4) is 0 Å². The van der Waals surface area contributed by atoms with Crippen molar-refractivity contribution in [2.24, 2.45) is 5.84 Å². The highest BCUT2D eigenvalue weighted by molar-refractivity contribution is 5.26. The maximum atomic E-state index is 5.54. The lowest BCUT2D eigenvalue weighted by Crippen LogP contribution is -2.31. The second-order valence-electron chi connectivity index (χ2n) is 3.87. The van der Waals surface area contributed by atoms with Gasteiger partial charge < -0.3 is 4.74 Å². The molecule has 1 atom stereocenters. The van der Waals surface area contributed by atoms with E-state index >= 15 is 0 Å². The van der Waals surface area contributed by atoms with Gasteiger partial charge in [0.1, 0.15) is 0 Å². The van der Waals surface area contributed by atoms with Crippen molar-refractivity contribution in [1.82, 2.24) is 5.43 Å². The molecule has 0 aliphatic rings. The summed E-state index contributed by atoms with van der Waals surface area (Å²) in [6.45, 7) is 5.50. The Kier molecular flexibility index (Phi) is 6.08. The van der Waals surface area contributed by atoms with Crippen molar-refractivity contribution in [1.29, 1.82) is 0 Å². The number of rotatable bonds is 7. The Morgan fingerprint density at radius 2 is 2.19 bits per heavy atom. The van der Waals surface area contributed by atoms with E-state index in [-0.39, 0.29) is 6.04 Å². The van der Waals surface area contributed by atoms with Gasteiger partial charge in [0, 0.05) is 6.61 Å². The van der Waals surface area contributed by atoms with Gasteiger partial charge in [-0.25, -0.2) is 0 Å². The smallest absolute Gasteiger partial charge is 0.0694 e. The first-order valence-corrected chi connectivity index (χ1v) is 5.94. The fraction of sp³-hybridized carbons (Fsp3) is 0.538. The standard InChI is InChI=1S/C13H22N2O/c1-3-6-11-7-5-8-12(9-11)13(15-14)10-16-4-2/h5,7-9,13,15H,3-4,6,10,14H2,1-2H3. The Hall–Kier alpha value is -0.900. The van der Waals surface area contributed by atoms with Gasteiger partial charge >= 0.3 is 0 Å². The van der Waals surface area contributed by atoms with E-state index in [0.717, 1.165) is 12.8 Å². The second-order valence-corrected chi connectivity index (χ2v) is 3.87. The molecule has 0 aliphatic heterocycles. The quantitative estimate of drug-likeness (QED) is 0.549. The van der Waals surface area contributed by atoms with E-state index in [0.29, 0.717) is 13.2 Å². The van der Waals surface area contributed by atoms with E-state index in [9.17, 15) is 0 Å². The molecule has 3 nitrogen and oxygen atoms in total. The fourth-order valence-electron chi connectivity index (χ4n) is 1.73. The minimum absolute atomic E-state index is 0.0803. The van der Waals surface area contributed by atoms with Crippen LogP contribution in [0.5, 0.6) is 0 Å². The molecular weight excluding hydrogens is 200 g/mol. The predicted octanol–water partition coefficient (Wildman–Crippen LogP) is 2.18. The first-order chi connectivity index (χ1) is 7.81. The molecule has 0 bridgehead atoms. The topological polar surface area (TPSA) is 47.3 Å². The number of hydrazine groups is 1. The molecule has 1 rings (SSSR count). The zero-order chi connectivity index (χ0) is 11.8. The van der Waals surface area contributed by atoms with E-state index in [1.54, 1.807) is 0 Å². The van der Waals surface area contributed by atoms with Crippen LogP contribution in [0.15, 0.2) is 24.3 Å². The summed E-state index contributed by atoms with van der Waals surface area (Å²) in [5.74, 6) is 5.54. The molecule has 0 saturated carbocycles. The average molecular weight is 222 g/mol. The molecule has 0 saturated heterocycles. The van der Waals surface area contributed by atoms with Gasteiger partial charge in [-0.2, -0.15) is 0 Å². The number of hydrogen-bond acceptors (Lipinski definition) is 3. The van der Waals surface area contributed by atoms with Crippen molar-refractivity contribution in [2.45, 2.75) is 32.7 Å². The highest BCUT2D eigenvalue weighted by Crippen LogP contribution is 2.15.